The van der Waals surface area contributed by atoms with Crippen molar-refractivity contribution in [2.75, 3.05) is 79.0 Å². The Morgan fingerprint density at radius 2 is 0.687 bits per heavy atom. The van der Waals surface area contributed by atoms with Gasteiger partial charge in [0.05, 0.1) is 32.5 Å². The molecule has 2 rings (SSSR count). The van der Waals surface area contributed by atoms with Gasteiger partial charge in [0.25, 0.3) is 0 Å². The monoisotopic (exact) mass is 1420 g/mol. The van der Waals surface area contributed by atoms with Crippen molar-refractivity contribution in [3.05, 3.63) is 0 Å². The van der Waals surface area contributed by atoms with Crippen molar-refractivity contribution in [3.63, 3.8) is 0 Å². The molecule has 0 spiro atoms. The number of ether oxygens (including phenoxy) is 12. The van der Waals surface area contributed by atoms with Gasteiger partial charge in [-0.3, -0.25) is 67.1 Å². The molecule has 2 saturated heterocycles. The lowest BCUT2D eigenvalue weighted by Crippen LogP contribution is -2.66. The summed E-state index contributed by atoms with van der Waals surface area (Å²) >= 11 is 0. The molecule has 2 fully saturated rings. The number of esters is 6. The van der Waals surface area contributed by atoms with Crippen LogP contribution in [-0.2, 0) is 124 Å². The third kappa shape index (κ3) is 42.1. The molecule has 0 aromatic heterocycles. The van der Waals surface area contributed by atoms with E-state index in [0.717, 1.165) is 66.2 Å². The minimum Gasteiger partial charge on any atom is -0.481 e. The van der Waals surface area contributed by atoms with Gasteiger partial charge in [-0.05, 0) is 51.4 Å². The minimum absolute atomic E-state index is 0.00536. The van der Waals surface area contributed by atoms with Crippen LogP contribution in [0.3, 0.4) is 0 Å². The lowest BCUT2D eigenvalue weighted by molar-refractivity contribution is -0.277. The molecule has 0 aromatic carbocycles. The van der Waals surface area contributed by atoms with Crippen molar-refractivity contribution < 1.29 is 129 Å². The molecule has 564 valence electrons. The average molecular weight is 1420 g/mol. The Hall–Kier alpha value is -7.66. The van der Waals surface area contributed by atoms with E-state index in [4.69, 9.17) is 61.9 Å². The first-order valence-corrected chi connectivity index (χ1v) is 33.9. The molecule has 0 saturated carbocycles. The lowest BCUT2D eigenvalue weighted by atomic mass is 9.96. The average Bonchev–Trinajstić information content (AvgIpc) is 0.796. The van der Waals surface area contributed by atoms with Gasteiger partial charge in [0.2, 0.25) is 41.4 Å². The number of rotatable bonds is 52. The van der Waals surface area contributed by atoms with E-state index in [9.17, 15) is 67.1 Å². The Balaban J connectivity index is 1.77. The molecule has 2 aliphatic rings. The van der Waals surface area contributed by atoms with E-state index in [-0.39, 0.29) is 147 Å². The van der Waals surface area contributed by atoms with Gasteiger partial charge >= 0.3 is 41.8 Å². The zero-order valence-electron chi connectivity index (χ0n) is 58.5. The Morgan fingerprint density at radius 1 is 0.364 bits per heavy atom. The van der Waals surface area contributed by atoms with Crippen molar-refractivity contribution in [3.8, 4) is 0 Å². The molecular weight excluding hydrogens is 1310 g/mol. The highest BCUT2D eigenvalue weighted by Gasteiger charge is 2.53. The highest BCUT2D eigenvalue weighted by molar-refractivity contribution is 5.78. The van der Waals surface area contributed by atoms with Crippen LogP contribution in [0.1, 0.15) is 184 Å². The van der Waals surface area contributed by atoms with E-state index in [1.807, 2.05) is 0 Å². The van der Waals surface area contributed by atoms with Gasteiger partial charge in [0, 0.05) is 133 Å². The van der Waals surface area contributed by atoms with Crippen molar-refractivity contribution >= 4 is 83.1 Å². The summed E-state index contributed by atoms with van der Waals surface area (Å²) < 4.78 is 67.4. The third-order valence-corrected chi connectivity index (χ3v) is 14.8. The molecule has 0 aromatic rings. The standard InChI is InChI=1S/C65H107N7O27/c1-41(73)70-58-62(96-47(7)79)60(94-45(5)77)50(39-92-43(3)75)98-64(58)90-33-19-17-23-52(81)66-29-21-31-68-54(83)27-35-88-37-49(72-56(85)25-15-13-11-9-10-12-14-16-26-57(86)87)38-89-36-28-55(84)69-32-22-30-67-53(82)24-18-20-34-91-65-59(71-42(2)74)63(97-48(8)80)61(95-46(6)78)51(99-65)40-93-44(4)76/h49-51,58-65H,9-40H2,1-8H3,(H,66,81)(H,67,82)(H,68,83)(H,69,84)(H,70,73)(H,71,74)(H,72,85)(H,86,87)/t49?,50-,51-,58-,59-,60+,61+,62-,63-,64-,65?/m1/s1. The summed E-state index contributed by atoms with van der Waals surface area (Å²) in [5.74, 6) is -7.42. The number of carboxylic acid groups (broad SMARTS) is 1. The molecule has 34 heteroatoms. The van der Waals surface area contributed by atoms with Crippen molar-refractivity contribution in [1.82, 2.24) is 37.2 Å². The lowest BCUT2D eigenvalue weighted by Gasteiger charge is -2.44. The largest absolute Gasteiger partial charge is 0.481 e. The molecule has 8 N–H and O–H groups in total. The molecule has 2 aliphatic heterocycles. The van der Waals surface area contributed by atoms with Crippen LogP contribution >= 0.6 is 0 Å². The van der Waals surface area contributed by atoms with Gasteiger partial charge < -0.3 is 99.2 Å². The Morgan fingerprint density at radius 3 is 1.03 bits per heavy atom. The summed E-state index contributed by atoms with van der Waals surface area (Å²) in [5.41, 5.74) is 0. The van der Waals surface area contributed by atoms with Gasteiger partial charge in [0.15, 0.2) is 37.0 Å². The van der Waals surface area contributed by atoms with E-state index >= 15 is 0 Å². The van der Waals surface area contributed by atoms with Gasteiger partial charge in [-0.25, -0.2) is 0 Å². The first-order chi connectivity index (χ1) is 47.1. The fraction of sp³-hybridized carbons (Fsp3) is 0.785. The summed E-state index contributed by atoms with van der Waals surface area (Å²) in [5, 5.41) is 28.2. The smallest absolute Gasteiger partial charge is 0.303 e. The van der Waals surface area contributed by atoms with Crippen LogP contribution in [0.2, 0.25) is 0 Å². The second-order valence-corrected chi connectivity index (χ2v) is 23.8. The number of hydrogen-bond donors (Lipinski definition) is 8. The van der Waals surface area contributed by atoms with Crippen LogP contribution in [0.25, 0.3) is 0 Å². The predicted molar refractivity (Wildman–Crippen MR) is 346 cm³/mol. The number of nitrogens with one attached hydrogen (secondary N) is 7. The summed E-state index contributed by atoms with van der Waals surface area (Å²) in [7, 11) is 0. The second kappa shape index (κ2) is 51.5. The SMILES string of the molecule is CC(=O)N[C@H]1[C@H](OCCCCC(=O)NCCCNC(=O)CCOCC(COCCC(=O)NCCCNC(=O)CCCCOC2O[C@H](COC(C)=O)[C@H](OC(C)=O)[C@H](OC(C)=O)[C@H]2NC(C)=O)NC(=O)CCCCCCCCCCC(=O)O)O[C@H](COC(C)=O)[C@H](OC(C)=O)[C@@H]1OC(C)=O. The molecule has 2 heterocycles. The second-order valence-electron chi connectivity index (χ2n) is 23.8. The first-order valence-electron chi connectivity index (χ1n) is 33.9. The van der Waals surface area contributed by atoms with Crippen LogP contribution in [0, 0.1) is 0 Å². The Labute approximate surface area is 577 Å². The summed E-state index contributed by atoms with van der Waals surface area (Å²) in [6, 6.07) is -2.85. The number of carbonyl (C=O) groups is 14. The van der Waals surface area contributed by atoms with Crippen LogP contribution in [0.5, 0.6) is 0 Å². The maximum absolute atomic E-state index is 13.0. The Kier molecular flexibility index (Phi) is 45.5. The Bertz CT molecular complexity index is 2400. The fourth-order valence-corrected chi connectivity index (χ4v) is 10.3. The number of unbranched alkanes of at least 4 members (excludes halogenated alkanes) is 9. The number of carbonyl (C=O) groups excluding carboxylic acids is 13. The normalized spacial score (nSPS) is 20.4. The zero-order valence-corrected chi connectivity index (χ0v) is 58.5. The predicted octanol–water partition coefficient (Wildman–Crippen LogP) is 1.20. The van der Waals surface area contributed by atoms with Crippen molar-refractivity contribution in [2.45, 2.75) is 251 Å². The van der Waals surface area contributed by atoms with Crippen LogP contribution in [-0.4, -0.2) is 235 Å². The van der Waals surface area contributed by atoms with Crippen LogP contribution in [0.4, 0.5) is 0 Å². The minimum atomic E-state index is -1.27. The molecule has 7 amide bonds. The van der Waals surface area contributed by atoms with E-state index in [2.05, 4.69) is 37.2 Å². The summed E-state index contributed by atoms with van der Waals surface area (Å²) in [6.45, 7) is 9.78. The molecule has 0 radical (unpaired) electrons. The van der Waals surface area contributed by atoms with Crippen molar-refractivity contribution in [2.24, 2.45) is 0 Å². The highest BCUT2D eigenvalue weighted by atomic mass is 16.7. The summed E-state index contributed by atoms with van der Waals surface area (Å²) in [6.07, 6.45) is 0.143. The number of amides is 7. The summed E-state index contributed by atoms with van der Waals surface area (Å²) in [4.78, 5) is 170. The maximum Gasteiger partial charge on any atom is 0.303 e. The van der Waals surface area contributed by atoms with Crippen LogP contribution < -0.4 is 37.2 Å². The molecule has 99 heavy (non-hydrogen) atoms. The topological polar surface area (TPSA) is 454 Å². The molecular formula is C65H107N7O27. The number of hydrogen-bond acceptors (Lipinski definition) is 26. The molecule has 0 aliphatic carbocycles. The molecule has 0 bridgehead atoms. The zero-order chi connectivity index (χ0) is 73.5. The highest BCUT2D eigenvalue weighted by Crippen LogP contribution is 2.30. The van der Waals surface area contributed by atoms with Gasteiger partial charge in [0.1, 0.15) is 37.5 Å². The molecule has 11 atom stereocenters. The van der Waals surface area contributed by atoms with Gasteiger partial charge in [-0.1, -0.05) is 38.5 Å². The number of carboxylic acids is 1. The van der Waals surface area contributed by atoms with Crippen LogP contribution in [0.15, 0.2) is 0 Å². The number of aliphatic carboxylic acids is 1. The van der Waals surface area contributed by atoms with E-state index in [1.165, 1.54) is 27.7 Å². The van der Waals surface area contributed by atoms with E-state index in [1.54, 1.807) is 0 Å². The quantitative estimate of drug-likeness (QED) is 0.0241. The van der Waals surface area contributed by atoms with E-state index < -0.39 is 121 Å². The first kappa shape index (κ1) is 87.4. The molecule has 2 unspecified atom stereocenters. The van der Waals surface area contributed by atoms with Gasteiger partial charge in [-0.15, -0.1) is 0 Å². The van der Waals surface area contributed by atoms with Crippen molar-refractivity contribution in [1.29, 1.82) is 0 Å². The molecule has 34 nitrogen and oxygen atoms in total. The van der Waals surface area contributed by atoms with E-state index in [0.29, 0.717) is 51.4 Å². The third-order valence-electron chi connectivity index (χ3n) is 14.8. The van der Waals surface area contributed by atoms with Gasteiger partial charge in [-0.2, -0.15) is 0 Å². The maximum atomic E-state index is 13.0. The fourth-order valence-electron chi connectivity index (χ4n) is 10.3.